The van der Waals surface area contributed by atoms with Crippen molar-refractivity contribution < 1.29 is 26.6 Å². The largest absolute Gasteiger partial charge is 1.00 e. The third kappa shape index (κ3) is 4.79. The van der Waals surface area contributed by atoms with Gasteiger partial charge in [0.15, 0.2) is 17.3 Å². The fraction of sp³-hybridized carbons (Fsp3) is 0.650. The SMILES string of the molecule is CCN1CCN(C(c2cc(OC)c(OC)c(OC)c2)c2nnnn2C(C)C)CC1.[Cl-]. The summed E-state index contributed by atoms with van der Waals surface area (Å²) in [6.45, 7) is 11.3. The lowest BCUT2D eigenvalue weighted by atomic mass is 10.0. The smallest absolute Gasteiger partial charge is 0.203 e. The topological polar surface area (TPSA) is 77.8 Å². The van der Waals surface area contributed by atoms with Gasteiger partial charge >= 0.3 is 0 Å². The molecule has 0 saturated carbocycles. The van der Waals surface area contributed by atoms with E-state index >= 15 is 0 Å². The van der Waals surface area contributed by atoms with E-state index in [1.165, 1.54) is 0 Å². The van der Waals surface area contributed by atoms with Gasteiger partial charge in [-0.15, -0.1) is 5.10 Å². The molecule has 1 aromatic carbocycles. The van der Waals surface area contributed by atoms with Gasteiger partial charge in [0.2, 0.25) is 5.75 Å². The number of aromatic nitrogens is 4. The minimum atomic E-state index is -0.111. The van der Waals surface area contributed by atoms with Crippen LogP contribution >= 0.6 is 0 Å². The number of methoxy groups -OCH3 is 3. The van der Waals surface area contributed by atoms with E-state index in [1.54, 1.807) is 21.3 Å². The Kier molecular flexibility index (Phi) is 8.69. The number of hydrogen-bond acceptors (Lipinski definition) is 8. The molecule has 1 saturated heterocycles. The number of rotatable bonds is 8. The molecular formula is C20H32ClN6O3-. The standard InChI is InChI=1S/C20H32N6O3.ClH/c1-7-24-8-10-25(11-9-24)18(20-21-22-23-26(20)14(2)3)15-12-16(27-4)19(29-6)17(13-15)28-5;/h12-14,18H,7-11H2,1-6H3;1H/p-1. The molecule has 2 aromatic rings. The van der Waals surface area contributed by atoms with Crippen LogP contribution in [0.4, 0.5) is 0 Å². The lowest BCUT2D eigenvalue weighted by molar-refractivity contribution is -0.00000726. The molecule has 0 N–H and O–H groups in total. The highest BCUT2D eigenvalue weighted by Gasteiger charge is 2.32. The average molecular weight is 440 g/mol. The maximum atomic E-state index is 5.60. The van der Waals surface area contributed by atoms with Gasteiger partial charge in [-0.2, -0.15) is 0 Å². The Labute approximate surface area is 184 Å². The van der Waals surface area contributed by atoms with E-state index < -0.39 is 0 Å². The zero-order valence-corrected chi connectivity index (χ0v) is 19.4. The highest BCUT2D eigenvalue weighted by Crippen LogP contribution is 2.42. The first-order valence-electron chi connectivity index (χ1n) is 10.1. The summed E-state index contributed by atoms with van der Waals surface area (Å²) in [6.07, 6.45) is 0. The minimum Gasteiger partial charge on any atom is -1.00 e. The van der Waals surface area contributed by atoms with Crippen LogP contribution in [0.3, 0.4) is 0 Å². The van der Waals surface area contributed by atoms with Crippen LogP contribution in [0.2, 0.25) is 0 Å². The zero-order valence-electron chi connectivity index (χ0n) is 18.6. The van der Waals surface area contributed by atoms with Gasteiger partial charge in [0.1, 0.15) is 0 Å². The summed E-state index contributed by atoms with van der Waals surface area (Å²) in [6, 6.07) is 4.04. The molecule has 10 heteroatoms. The van der Waals surface area contributed by atoms with Gasteiger partial charge in [-0.1, -0.05) is 6.92 Å². The maximum absolute atomic E-state index is 5.60. The first kappa shape index (κ1) is 24.2. The van der Waals surface area contributed by atoms with E-state index in [2.05, 4.69) is 46.1 Å². The molecule has 1 unspecified atom stereocenters. The van der Waals surface area contributed by atoms with Crippen molar-refractivity contribution in [3.8, 4) is 17.2 Å². The average Bonchev–Trinajstić information content (AvgIpc) is 3.23. The number of hydrogen-bond donors (Lipinski definition) is 0. The number of piperazine rings is 1. The fourth-order valence-corrected chi connectivity index (χ4v) is 3.87. The monoisotopic (exact) mass is 439 g/mol. The van der Waals surface area contributed by atoms with Gasteiger partial charge in [0, 0.05) is 26.2 Å². The second-order valence-electron chi connectivity index (χ2n) is 7.41. The number of ether oxygens (including phenoxy) is 3. The van der Waals surface area contributed by atoms with Crippen molar-refractivity contribution in [3.63, 3.8) is 0 Å². The van der Waals surface area contributed by atoms with Crippen LogP contribution in [0, 0.1) is 0 Å². The van der Waals surface area contributed by atoms with Crippen LogP contribution in [0.25, 0.3) is 0 Å². The molecule has 0 amide bonds. The second kappa shape index (κ2) is 10.8. The lowest BCUT2D eigenvalue weighted by Gasteiger charge is -2.38. The Hall–Kier alpha value is -2.10. The van der Waals surface area contributed by atoms with Crippen LogP contribution in [0.1, 0.15) is 44.2 Å². The van der Waals surface area contributed by atoms with Gasteiger partial charge in [-0.25, -0.2) is 4.68 Å². The van der Waals surface area contributed by atoms with Crippen molar-refractivity contribution in [2.75, 3.05) is 54.1 Å². The highest BCUT2D eigenvalue weighted by atomic mass is 35.5. The fourth-order valence-electron chi connectivity index (χ4n) is 3.87. The van der Waals surface area contributed by atoms with Crippen molar-refractivity contribution in [2.24, 2.45) is 0 Å². The Balaban J connectivity index is 0.00000320. The number of likely N-dealkylation sites (N-methyl/N-ethyl adjacent to an activating group) is 1. The minimum absolute atomic E-state index is 0. The quantitative estimate of drug-likeness (QED) is 0.519. The number of benzene rings is 1. The summed E-state index contributed by atoms with van der Waals surface area (Å²) in [5.74, 6) is 2.65. The van der Waals surface area contributed by atoms with E-state index in [9.17, 15) is 0 Å². The Morgan fingerprint density at radius 3 is 2.03 bits per heavy atom. The molecule has 30 heavy (non-hydrogen) atoms. The van der Waals surface area contributed by atoms with E-state index in [-0.39, 0.29) is 24.5 Å². The van der Waals surface area contributed by atoms with Gasteiger partial charge in [0.25, 0.3) is 0 Å². The van der Waals surface area contributed by atoms with E-state index in [4.69, 9.17) is 14.2 Å². The summed E-state index contributed by atoms with van der Waals surface area (Å²) < 4.78 is 18.6. The molecule has 2 heterocycles. The van der Waals surface area contributed by atoms with Crippen LogP contribution < -0.4 is 26.6 Å². The molecule has 1 aromatic heterocycles. The molecule has 0 aliphatic carbocycles. The Bertz CT molecular complexity index is 783. The van der Waals surface area contributed by atoms with Gasteiger partial charge in [-0.3, -0.25) is 4.90 Å². The van der Waals surface area contributed by atoms with Gasteiger partial charge < -0.3 is 31.5 Å². The molecule has 168 valence electrons. The summed E-state index contributed by atoms with van der Waals surface area (Å²) in [7, 11) is 4.88. The van der Waals surface area contributed by atoms with E-state index in [0.29, 0.717) is 17.2 Å². The predicted octanol–water partition coefficient (Wildman–Crippen LogP) is -0.989. The van der Waals surface area contributed by atoms with Crippen molar-refractivity contribution in [2.45, 2.75) is 32.9 Å². The molecule has 1 aliphatic rings. The summed E-state index contributed by atoms with van der Waals surface area (Å²) in [5, 5.41) is 12.6. The van der Waals surface area contributed by atoms with E-state index in [1.807, 2.05) is 16.8 Å². The van der Waals surface area contributed by atoms with Crippen molar-refractivity contribution in [3.05, 3.63) is 23.5 Å². The number of tetrazole rings is 1. The van der Waals surface area contributed by atoms with Crippen LogP contribution in [0.5, 0.6) is 17.2 Å². The van der Waals surface area contributed by atoms with Gasteiger partial charge in [0.05, 0.1) is 33.4 Å². The second-order valence-corrected chi connectivity index (χ2v) is 7.41. The van der Waals surface area contributed by atoms with Crippen molar-refractivity contribution in [1.29, 1.82) is 0 Å². The number of nitrogens with zero attached hydrogens (tertiary/aromatic N) is 6. The first-order chi connectivity index (χ1) is 14.0. The Morgan fingerprint density at radius 2 is 1.57 bits per heavy atom. The zero-order chi connectivity index (χ0) is 21.0. The van der Waals surface area contributed by atoms with Crippen LogP contribution in [-0.4, -0.2) is 84.1 Å². The normalized spacial score (nSPS) is 16.2. The highest BCUT2D eigenvalue weighted by molar-refractivity contribution is 5.55. The van der Waals surface area contributed by atoms with Crippen molar-refractivity contribution in [1.82, 2.24) is 30.0 Å². The predicted molar refractivity (Wildman–Crippen MR) is 110 cm³/mol. The molecule has 0 bridgehead atoms. The lowest BCUT2D eigenvalue weighted by Crippen LogP contribution is -3.00. The molecule has 1 aliphatic heterocycles. The summed E-state index contributed by atoms with van der Waals surface area (Å²) in [5.41, 5.74) is 1.01. The maximum Gasteiger partial charge on any atom is 0.203 e. The van der Waals surface area contributed by atoms with Gasteiger partial charge in [-0.05, 0) is 48.5 Å². The van der Waals surface area contributed by atoms with E-state index in [0.717, 1.165) is 44.1 Å². The third-order valence-corrected chi connectivity index (χ3v) is 5.47. The van der Waals surface area contributed by atoms with Crippen LogP contribution in [0.15, 0.2) is 12.1 Å². The molecular weight excluding hydrogens is 408 g/mol. The van der Waals surface area contributed by atoms with Crippen molar-refractivity contribution >= 4 is 0 Å². The summed E-state index contributed by atoms with van der Waals surface area (Å²) >= 11 is 0. The molecule has 0 radical (unpaired) electrons. The number of halogens is 1. The third-order valence-electron chi connectivity index (χ3n) is 5.47. The first-order valence-corrected chi connectivity index (χ1v) is 10.1. The molecule has 3 rings (SSSR count). The molecule has 1 atom stereocenters. The molecule has 9 nitrogen and oxygen atoms in total. The molecule has 1 fully saturated rings. The Morgan fingerprint density at radius 1 is 0.967 bits per heavy atom. The summed E-state index contributed by atoms with van der Waals surface area (Å²) in [4.78, 5) is 4.88. The van der Waals surface area contributed by atoms with Crippen LogP contribution in [-0.2, 0) is 0 Å². The molecule has 0 spiro atoms.